The van der Waals surface area contributed by atoms with Gasteiger partial charge in [-0.05, 0) is 30.0 Å². The molecular weight excluding hydrogens is 344 g/mol. The van der Waals surface area contributed by atoms with E-state index in [4.69, 9.17) is 9.47 Å². The summed E-state index contributed by atoms with van der Waals surface area (Å²) in [5.41, 5.74) is 1.06. The molecule has 1 heterocycles. The standard InChI is InChI=1S/C21H32N2O4/c1-15(2)12-20(24)23-13-18(16-6-8-17(27-4)9-7-16)19(14-23)21(25)22-10-5-11-26-3/h6-9,15,18-19H,5,10-14H2,1-4H3,(H,22,25)/t18-,19+/m0/s1. The normalized spacial score (nSPS) is 19.4. The van der Waals surface area contributed by atoms with Gasteiger partial charge in [0.15, 0.2) is 0 Å². The van der Waals surface area contributed by atoms with Gasteiger partial charge in [0.05, 0.1) is 13.0 Å². The molecule has 2 rings (SSSR count). The maximum Gasteiger partial charge on any atom is 0.225 e. The lowest BCUT2D eigenvalue weighted by Gasteiger charge is -2.18. The molecule has 0 aliphatic carbocycles. The van der Waals surface area contributed by atoms with E-state index in [9.17, 15) is 9.59 Å². The lowest BCUT2D eigenvalue weighted by Crippen LogP contribution is -2.36. The molecule has 1 aromatic carbocycles. The highest BCUT2D eigenvalue weighted by Gasteiger charge is 2.40. The van der Waals surface area contributed by atoms with Crippen molar-refractivity contribution in [2.75, 3.05) is 40.5 Å². The molecule has 1 N–H and O–H groups in total. The fourth-order valence-corrected chi connectivity index (χ4v) is 3.50. The molecule has 1 aliphatic rings. The van der Waals surface area contributed by atoms with Crippen LogP contribution >= 0.6 is 0 Å². The molecule has 1 aromatic rings. The lowest BCUT2D eigenvalue weighted by atomic mass is 9.88. The first-order valence-electron chi connectivity index (χ1n) is 9.64. The Morgan fingerprint density at radius 2 is 1.89 bits per heavy atom. The second-order valence-electron chi connectivity index (χ2n) is 7.52. The van der Waals surface area contributed by atoms with Crippen molar-refractivity contribution in [3.05, 3.63) is 29.8 Å². The van der Waals surface area contributed by atoms with Crippen molar-refractivity contribution in [2.45, 2.75) is 32.6 Å². The van der Waals surface area contributed by atoms with Crippen LogP contribution in [0.4, 0.5) is 0 Å². The first kappa shape index (κ1) is 21.2. The van der Waals surface area contributed by atoms with Crippen molar-refractivity contribution < 1.29 is 19.1 Å². The van der Waals surface area contributed by atoms with E-state index in [1.807, 2.05) is 43.0 Å². The minimum absolute atomic E-state index is 0.00514. The van der Waals surface area contributed by atoms with E-state index in [1.54, 1.807) is 14.2 Å². The number of amides is 2. The number of nitrogens with zero attached hydrogens (tertiary/aromatic N) is 1. The summed E-state index contributed by atoms with van der Waals surface area (Å²) in [5.74, 6) is 0.973. The minimum atomic E-state index is -0.239. The zero-order valence-electron chi connectivity index (χ0n) is 16.9. The average Bonchev–Trinajstić information content (AvgIpc) is 3.10. The van der Waals surface area contributed by atoms with Crippen molar-refractivity contribution in [3.63, 3.8) is 0 Å². The van der Waals surface area contributed by atoms with Crippen LogP contribution in [0.25, 0.3) is 0 Å². The van der Waals surface area contributed by atoms with E-state index in [1.165, 1.54) is 0 Å². The van der Waals surface area contributed by atoms with E-state index < -0.39 is 0 Å². The van der Waals surface area contributed by atoms with E-state index in [0.717, 1.165) is 17.7 Å². The van der Waals surface area contributed by atoms with Gasteiger partial charge < -0.3 is 19.7 Å². The maximum atomic E-state index is 12.8. The van der Waals surface area contributed by atoms with Crippen LogP contribution in [-0.4, -0.2) is 57.2 Å². The van der Waals surface area contributed by atoms with Gasteiger partial charge >= 0.3 is 0 Å². The molecule has 0 spiro atoms. The fourth-order valence-electron chi connectivity index (χ4n) is 3.50. The van der Waals surface area contributed by atoms with Crippen molar-refractivity contribution in [1.29, 1.82) is 0 Å². The van der Waals surface area contributed by atoms with Gasteiger partial charge in [0, 0.05) is 45.7 Å². The van der Waals surface area contributed by atoms with Gasteiger partial charge in [-0.2, -0.15) is 0 Å². The molecule has 0 aromatic heterocycles. The lowest BCUT2D eigenvalue weighted by molar-refractivity contribution is -0.131. The van der Waals surface area contributed by atoms with Crippen LogP contribution in [0.15, 0.2) is 24.3 Å². The summed E-state index contributed by atoms with van der Waals surface area (Å²) in [5, 5.41) is 3.00. The highest BCUT2D eigenvalue weighted by Crippen LogP contribution is 2.34. The summed E-state index contributed by atoms with van der Waals surface area (Å²) < 4.78 is 10.3. The molecule has 2 amide bonds. The molecule has 150 valence electrons. The van der Waals surface area contributed by atoms with Crippen molar-refractivity contribution >= 4 is 11.8 Å². The number of ether oxygens (including phenoxy) is 2. The maximum absolute atomic E-state index is 12.8. The predicted molar refractivity (Wildman–Crippen MR) is 105 cm³/mol. The highest BCUT2D eigenvalue weighted by atomic mass is 16.5. The van der Waals surface area contributed by atoms with Crippen LogP contribution in [0.2, 0.25) is 0 Å². The molecule has 6 heteroatoms. The third kappa shape index (κ3) is 5.96. The van der Waals surface area contributed by atoms with Crippen LogP contribution in [0.1, 0.15) is 38.2 Å². The molecule has 6 nitrogen and oxygen atoms in total. The van der Waals surface area contributed by atoms with Crippen molar-refractivity contribution in [2.24, 2.45) is 11.8 Å². The molecule has 27 heavy (non-hydrogen) atoms. The van der Waals surface area contributed by atoms with Crippen molar-refractivity contribution in [1.82, 2.24) is 10.2 Å². The van der Waals surface area contributed by atoms with Gasteiger partial charge in [0.25, 0.3) is 0 Å². The van der Waals surface area contributed by atoms with Gasteiger partial charge in [-0.25, -0.2) is 0 Å². The zero-order chi connectivity index (χ0) is 19.8. The predicted octanol–water partition coefficient (Wildman–Crippen LogP) is 2.44. The Kier molecular flexibility index (Phi) is 8.10. The van der Waals surface area contributed by atoms with Gasteiger partial charge in [-0.1, -0.05) is 26.0 Å². The summed E-state index contributed by atoms with van der Waals surface area (Å²) in [7, 11) is 3.28. The Hall–Kier alpha value is -2.08. The Labute approximate surface area is 162 Å². The van der Waals surface area contributed by atoms with Gasteiger partial charge in [-0.3, -0.25) is 9.59 Å². The second-order valence-corrected chi connectivity index (χ2v) is 7.52. The number of hydrogen-bond donors (Lipinski definition) is 1. The largest absolute Gasteiger partial charge is 0.497 e. The van der Waals surface area contributed by atoms with Gasteiger partial charge in [-0.15, -0.1) is 0 Å². The van der Waals surface area contributed by atoms with E-state index in [2.05, 4.69) is 5.32 Å². The summed E-state index contributed by atoms with van der Waals surface area (Å²) >= 11 is 0. The molecule has 2 atom stereocenters. The molecule has 0 bridgehead atoms. The van der Waals surface area contributed by atoms with Gasteiger partial charge in [0.1, 0.15) is 5.75 Å². The molecule has 1 fully saturated rings. The van der Waals surface area contributed by atoms with Gasteiger partial charge in [0.2, 0.25) is 11.8 Å². The first-order chi connectivity index (χ1) is 13.0. The third-order valence-corrected chi connectivity index (χ3v) is 4.96. The molecule has 0 unspecified atom stereocenters. The second kappa shape index (κ2) is 10.3. The summed E-state index contributed by atoms with van der Waals surface area (Å²) in [4.78, 5) is 27.2. The van der Waals surface area contributed by atoms with E-state index in [0.29, 0.717) is 38.6 Å². The minimum Gasteiger partial charge on any atom is -0.497 e. The smallest absolute Gasteiger partial charge is 0.225 e. The summed E-state index contributed by atoms with van der Waals surface area (Å²) in [6.45, 7) is 6.32. The number of methoxy groups -OCH3 is 2. The Morgan fingerprint density at radius 1 is 1.19 bits per heavy atom. The Bertz CT molecular complexity index is 615. The van der Waals surface area contributed by atoms with E-state index >= 15 is 0 Å². The van der Waals surface area contributed by atoms with Crippen LogP contribution in [-0.2, 0) is 14.3 Å². The number of likely N-dealkylation sites (tertiary alicyclic amines) is 1. The molecule has 1 aliphatic heterocycles. The van der Waals surface area contributed by atoms with Crippen LogP contribution in [0, 0.1) is 11.8 Å². The Morgan fingerprint density at radius 3 is 2.48 bits per heavy atom. The van der Waals surface area contributed by atoms with Crippen molar-refractivity contribution in [3.8, 4) is 5.75 Å². The summed E-state index contributed by atoms with van der Waals surface area (Å²) in [6.07, 6.45) is 1.29. The monoisotopic (exact) mass is 376 g/mol. The number of nitrogens with one attached hydrogen (secondary N) is 1. The number of carbonyl (C=O) groups excluding carboxylic acids is 2. The van der Waals surface area contributed by atoms with Crippen LogP contribution < -0.4 is 10.1 Å². The molecule has 1 saturated heterocycles. The number of benzene rings is 1. The molecule has 0 radical (unpaired) electrons. The fraction of sp³-hybridized carbons (Fsp3) is 0.619. The number of carbonyl (C=O) groups is 2. The SMILES string of the molecule is COCCCNC(=O)[C@@H]1CN(C(=O)CC(C)C)C[C@H]1c1ccc(OC)cc1. The zero-order valence-corrected chi connectivity index (χ0v) is 16.9. The first-order valence-corrected chi connectivity index (χ1v) is 9.64. The average molecular weight is 376 g/mol. The molecule has 0 saturated carbocycles. The highest BCUT2D eigenvalue weighted by molar-refractivity contribution is 5.83. The Balaban J connectivity index is 2.12. The topological polar surface area (TPSA) is 67.9 Å². The summed E-state index contributed by atoms with van der Waals surface area (Å²) in [6, 6.07) is 7.79. The third-order valence-electron chi connectivity index (χ3n) is 4.96. The molecular formula is C21H32N2O4. The van der Waals surface area contributed by atoms with Crippen LogP contribution in [0.3, 0.4) is 0 Å². The number of rotatable bonds is 9. The quantitative estimate of drug-likeness (QED) is 0.672. The van der Waals surface area contributed by atoms with Crippen LogP contribution in [0.5, 0.6) is 5.75 Å². The van der Waals surface area contributed by atoms with E-state index in [-0.39, 0.29) is 23.7 Å². The number of hydrogen-bond acceptors (Lipinski definition) is 4.